The van der Waals surface area contributed by atoms with Gasteiger partial charge in [0.2, 0.25) is 10.0 Å². The second kappa shape index (κ2) is 7.79. The molecule has 1 N–H and O–H groups in total. The number of aryl methyl sites for hydroxylation is 1. The third-order valence-electron chi connectivity index (χ3n) is 4.41. The van der Waals surface area contributed by atoms with Gasteiger partial charge in [-0.1, -0.05) is 42.0 Å². The molecule has 8 heteroatoms. The van der Waals surface area contributed by atoms with Crippen LogP contribution in [0.25, 0.3) is 22.4 Å². The third kappa shape index (κ3) is 3.91. The Morgan fingerprint density at radius 1 is 1.07 bits per heavy atom. The van der Waals surface area contributed by atoms with Crippen molar-refractivity contribution in [1.29, 1.82) is 0 Å². The molecule has 4 aromatic rings. The predicted molar refractivity (Wildman–Crippen MR) is 117 cm³/mol. The van der Waals surface area contributed by atoms with Crippen molar-refractivity contribution < 1.29 is 8.42 Å². The average molecular weight is 476 g/mol. The van der Waals surface area contributed by atoms with Gasteiger partial charge in [-0.2, -0.15) is 0 Å². The van der Waals surface area contributed by atoms with E-state index in [0.29, 0.717) is 10.8 Å². The number of sulfonamides is 1. The fourth-order valence-corrected chi connectivity index (χ4v) is 6.11. The lowest BCUT2D eigenvalue weighted by molar-refractivity contribution is 0.577. The molecule has 0 radical (unpaired) electrons. The summed E-state index contributed by atoms with van der Waals surface area (Å²) in [4.78, 5) is 4.77. The van der Waals surface area contributed by atoms with E-state index in [1.807, 2.05) is 43.3 Å². The Bertz CT molecular complexity index is 1230. The first kappa shape index (κ1) is 19.3. The fourth-order valence-electron chi connectivity index (χ4n) is 3.03. The van der Waals surface area contributed by atoms with Gasteiger partial charge in [-0.05, 0) is 47.1 Å². The molecule has 0 fully saturated rings. The van der Waals surface area contributed by atoms with E-state index < -0.39 is 10.0 Å². The summed E-state index contributed by atoms with van der Waals surface area (Å²) in [5.74, 6) is 0.833. The van der Waals surface area contributed by atoms with Gasteiger partial charge in [-0.3, -0.25) is 0 Å². The molecule has 0 spiro atoms. The van der Waals surface area contributed by atoms with Gasteiger partial charge in [-0.15, -0.1) is 11.3 Å². The fraction of sp³-hybridized carbons (Fsp3) is 0.150. The molecule has 0 aliphatic heterocycles. The van der Waals surface area contributed by atoms with Gasteiger partial charge in [0.15, 0.2) is 0 Å². The maximum Gasteiger partial charge on any atom is 0.250 e. The number of fused-ring (bicyclic) bond motifs is 1. The van der Waals surface area contributed by atoms with Crippen LogP contribution in [-0.4, -0.2) is 24.5 Å². The van der Waals surface area contributed by atoms with Crippen LogP contribution in [0.4, 0.5) is 0 Å². The zero-order chi connectivity index (χ0) is 19.7. The Balaban J connectivity index is 1.62. The minimum atomic E-state index is -3.52. The molecule has 0 aliphatic rings. The van der Waals surface area contributed by atoms with Crippen LogP contribution in [-0.2, 0) is 16.6 Å². The highest BCUT2D eigenvalue weighted by molar-refractivity contribution is 9.11. The van der Waals surface area contributed by atoms with Crippen LogP contribution < -0.4 is 4.72 Å². The Kier molecular flexibility index (Phi) is 5.37. The van der Waals surface area contributed by atoms with Crippen molar-refractivity contribution in [3.8, 4) is 11.4 Å². The maximum atomic E-state index is 12.5. The van der Waals surface area contributed by atoms with E-state index in [2.05, 4.69) is 37.4 Å². The summed E-state index contributed by atoms with van der Waals surface area (Å²) in [7, 11) is -3.52. The van der Waals surface area contributed by atoms with E-state index in [1.165, 1.54) is 16.9 Å². The average Bonchev–Trinajstić information content (AvgIpc) is 3.27. The monoisotopic (exact) mass is 475 g/mol. The molecule has 0 saturated carbocycles. The molecule has 2 heterocycles. The van der Waals surface area contributed by atoms with Gasteiger partial charge in [0.1, 0.15) is 10.0 Å². The molecule has 2 aromatic carbocycles. The zero-order valence-corrected chi connectivity index (χ0v) is 18.3. The number of imidazole rings is 1. The number of aromatic nitrogens is 2. The van der Waals surface area contributed by atoms with Crippen molar-refractivity contribution in [2.45, 2.75) is 17.7 Å². The van der Waals surface area contributed by atoms with Crippen LogP contribution in [0.2, 0.25) is 0 Å². The number of hydrogen-bond acceptors (Lipinski definition) is 4. The topological polar surface area (TPSA) is 64.0 Å². The predicted octanol–water partition coefficient (Wildman–Crippen LogP) is 4.81. The van der Waals surface area contributed by atoms with Gasteiger partial charge < -0.3 is 4.57 Å². The quantitative estimate of drug-likeness (QED) is 0.434. The molecule has 2 aromatic heterocycles. The lowest BCUT2D eigenvalue weighted by atomic mass is 10.1. The number of para-hydroxylation sites is 2. The minimum absolute atomic E-state index is 0.275. The first-order valence-corrected chi connectivity index (χ1v) is 11.8. The Morgan fingerprint density at radius 3 is 2.54 bits per heavy atom. The van der Waals surface area contributed by atoms with E-state index in [1.54, 1.807) is 12.1 Å². The molecular weight excluding hydrogens is 458 g/mol. The first-order chi connectivity index (χ1) is 13.4. The zero-order valence-electron chi connectivity index (χ0n) is 15.1. The highest BCUT2D eigenvalue weighted by Gasteiger charge is 2.17. The largest absolute Gasteiger partial charge is 0.323 e. The van der Waals surface area contributed by atoms with E-state index in [9.17, 15) is 8.42 Å². The molecule has 144 valence electrons. The van der Waals surface area contributed by atoms with Crippen LogP contribution in [0.5, 0.6) is 0 Å². The van der Waals surface area contributed by atoms with Crippen molar-refractivity contribution in [2.75, 3.05) is 6.54 Å². The van der Waals surface area contributed by atoms with Crippen molar-refractivity contribution in [3.05, 3.63) is 70.0 Å². The maximum absolute atomic E-state index is 12.5. The molecule has 0 unspecified atom stereocenters. The lowest BCUT2D eigenvalue weighted by Gasteiger charge is -2.11. The van der Waals surface area contributed by atoms with E-state index >= 15 is 0 Å². The van der Waals surface area contributed by atoms with Crippen molar-refractivity contribution >= 4 is 48.3 Å². The molecule has 0 amide bonds. The number of hydrogen-bond donors (Lipinski definition) is 1. The van der Waals surface area contributed by atoms with Gasteiger partial charge in [0, 0.05) is 18.7 Å². The summed E-state index contributed by atoms with van der Waals surface area (Å²) in [5, 5.41) is 0. The molecule has 4 rings (SSSR count). The number of halogens is 1. The second-order valence-electron chi connectivity index (χ2n) is 6.40. The number of rotatable bonds is 6. The van der Waals surface area contributed by atoms with Crippen molar-refractivity contribution in [2.24, 2.45) is 0 Å². The van der Waals surface area contributed by atoms with Crippen molar-refractivity contribution in [1.82, 2.24) is 14.3 Å². The Morgan fingerprint density at radius 2 is 1.82 bits per heavy atom. The van der Waals surface area contributed by atoms with E-state index in [0.717, 1.165) is 26.2 Å². The van der Waals surface area contributed by atoms with Crippen molar-refractivity contribution in [3.63, 3.8) is 0 Å². The normalized spacial score (nSPS) is 11.9. The summed E-state index contributed by atoms with van der Waals surface area (Å²) in [6.45, 7) is 2.80. The summed E-state index contributed by atoms with van der Waals surface area (Å²) in [6, 6.07) is 19.4. The molecule has 5 nitrogen and oxygen atoms in total. The van der Waals surface area contributed by atoms with Crippen LogP contribution >= 0.6 is 27.3 Å². The molecule has 0 bridgehead atoms. The number of nitrogens with one attached hydrogen (secondary N) is 1. The van der Waals surface area contributed by atoms with Gasteiger partial charge in [0.25, 0.3) is 0 Å². The summed E-state index contributed by atoms with van der Waals surface area (Å²) in [6.07, 6.45) is 0. The molecule has 28 heavy (non-hydrogen) atoms. The second-order valence-corrected chi connectivity index (χ2v) is 10.9. The highest BCUT2D eigenvalue weighted by atomic mass is 79.9. The molecule has 0 atom stereocenters. The van der Waals surface area contributed by atoms with Crippen LogP contribution in [0.15, 0.2) is 68.7 Å². The van der Waals surface area contributed by atoms with Gasteiger partial charge in [0.05, 0.1) is 14.8 Å². The van der Waals surface area contributed by atoms with Crippen LogP contribution in [0, 0.1) is 6.92 Å². The molecular formula is C20H18BrN3O2S2. The summed E-state index contributed by atoms with van der Waals surface area (Å²) < 4.78 is 30.8. The standard InChI is InChI=1S/C20H18BrN3O2S2/c1-14-6-8-15(9-7-14)20-23-16-4-2-3-5-17(16)24(20)13-12-22-28(25,26)19-11-10-18(21)27-19/h2-11,22H,12-13H2,1H3. The number of nitrogens with zero attached hydrogens (tertiary/aromatic N) is 2. The smallest absolute Gasteiger partial charge is 0.250 e. The van der Waals surface area contributed by atoms with Crippen LogP contribution in [0.1, 0.15) is 5.56 Å². The summed E-state index contributed by atoms with van der Waals surface area (Å²) >= 11 is 4.50. The Labute approximate surface area is 176 Å². The molecule has 0 aliphatic carbocycles. The van der Waals surface area contributed by atoms with Gasteiger partial charge in [-0.25, -0.2) is 18.1 Å². The minimum Gasteiger partial charge on any atom is -0.323 e. The summed E-state index contributed by atoms with van der Waals surface area (Å²) in [5.41, 5.74) is 4.06. The lowest BCUT2D eigenvalue weighted by Crippen LogP contribution is -2.27. The SMILES string of the molecule is Cc1ccc(-c2nc3ccccc3n2CCNS(=O)(=O)c2ccc(Br)s2)cc1. The van der Waals surface area contributed by atoms with E-state index in [4.69, 9.17) is 4.98 Å². The van der Waals surface area contributed by atoms with Crippen LogP contribution in [0.3, 0.4) is 0 Å². The Hall–Kier alpha value is -2.00. The van der Waals surface area contributed by atoms with Gasteiger partial charge >= 0.3 is 0 Å². The first-order valence-electron chi connectivity index (χ1n) is 8.71. The third-order valence-corrected chi connectivity index (χ3v) is 7.98. The highest BCUT2D eigenvalue weighted by Crippen LogP contribution is 2.27. The molecule has 0 saturated heterocycles. The number of thiophene rings is 1. The van der Waals surface area contributed by atoms with E-state index in [-0.39, 0.29) is 6.54 Å². The number of benzene rings is 2.